The normalized spacial score (nSPS) is 29.9. The Labute approximate surface area is 96.0 Å². The molecule has 1 aliphatic rings. The number of methoxy groups -OCH3 is 1. The first-order valence-corrected chi connectivity index (χ1v) is 7.12. The molecular weight excluding hydrogens is 224 g/mol. The third kappa shape index (κ3) is 2.54. The van der Waals surface area contributed by atoms with Crippen molar-refractivity contribution in [2.24, 2.45) is 0 Å². The van der Waals surface area contributed by atoms with Gasteiger partial charge in [-0.3, -0.25) is 4.78 Å². The van der Waals surface area contributed by atoms with Crippen molar-refractivity contribution in [3.05, 3.63) is 29.8 Å². The molecule has 2 rings (SSSR count). The fraction of sp³-hybridized carbons (Fsp3) is 0.455. The van der Waals surface area contributed by atoms with Crippen molar-refractivity contribution in [2.45, 2.75) is 6.04 Å². The molecule has 2 unspecified atom stereocenters. The van der Waals surface area contributed by atoms with Crippen molar-refractivity contribution >= 4 is 9.73 Å². The van der Waals surface area contributed by atoms with Crippen LogP contribution in [0.2, 0.25) is 0 Å². The molecule has 0 amide bonds. The first-order valence-electron chi connectivity index (χ1n) is 5.22. The molecule has 1 aliphatic heterocycles. The molecule has 1 aromatic rings. The van der Waals surface area contributed by atoms with Crippen LogP contribution in [0.3, 0.4) is 0 Å². The SMILES string of the molecule is COc1ccc(C2CS(=N)(=O)CCN2)cc1. The molecule has 1 aromatic carbocycles. The van der Waals surface area contributed by atoms with E-state index in [-0.39, 0.29) is 6.04 Å². The minimum atomic E-state index is -2.39. The van der Waals surface area contributed by atoms with Crippen molar-refractivity contribution in [2.75, 3.05) is 25.2 Å². The van der Waals surface area contributed by atoms with Gasteiger partial charge in [0.15, 0.2) is 0 Å². The Kier molecular flexibility index (Phi) is 3.16. The van der Waals surface area contributed by atoms with E-state index in [1.165, 1.54) is 0 Å². The van der Waals surface area contributed by atoms with E-state index in [0.717, 1.165) is 11.3 Å². The largest absolute Gasteiger partial charge is 0.497 e. The third-order valence-electron chi connectivity index (χ3n) is 2.78. The molecule has 0 spiro atoms. The Morgan fingerprint density at radius 1 is 1.44 bits per heavy atom. The average Bonchev–Trinajstić information content (AvgIpc) is 2.28. The second-order valence-electron chi connectivity index (χ2n) is 3.96. The van der Waals surface area contributed by atoms with Gasteiger partial charge >= 0.3 is 0 Å². The first-order chi connectivity index (χ1) is 7.61. The molecule has 1 fully saturated rings. The number of hydrogen-bond acceptors (Lipinski definition) is 4. The van der Waals surface area contributed by atoms with Gasteiger partial charge in [-0.2, -0.15) is 0 Å². The summed E-state index contributed by atoms with van der Waals surface area (Å²) in [6.07, 6.45) is 0. The van der Waals surface area contributed by atoms with Crippen molar-refractivity contribution in [3.8, 4) is 5.75 Å². The van der Waals surface area contributed by atoms with Crippen molar-refractivity contribution in [1.82, 2.24) is 5.32 Å². The molecule has 0 saturated carbocycles. The highest BCUT2D eigenvalue weighted by Crippen LogP contribution is 2.21. The molecule has 0 aliphatic carbocycles. The van der Waals surface area contributed by atoms with Gasteiger partial charge in [0.2, 0.25) is 0 Å². The highest BCUT2D eigenvalue weighted by Gasteiger charge is 2.22. The van der Waals surface area contributed by atoms with Crippen LogP contribution in [0, 0.1) is 4.78 Å². The zero-order chi connectivity index (χ0) is 11.6. The number of benzene rings is 1. The van der Waals surface area contributed by atoms with E-state index < -0.39 is 9.73 Å². The maximum Gasteiger partial charge on any atom is 0.118 e. The van der Waals surface area contributed by atoms with Crippen LogP contribution in [0.15, 0.2) is 24.3 Å². The quantitative estimate of drug-likeness (QED) is 0.821. The van der Waals surface area contributed by atoms with Crippen LogP contribution in [-0.4, -0.2) is 29.4 Å². The van der Waals surface area contributed by atoms with Gasteiger partial charge in [0.25, 0.3) is 0 Å². The van der Waals surface area contributed by atoms with Gasteiger partial charge in [-0.05, 0) is 17.7 Å². The van der Waals surface area contributed by atoms with Crippen LogP contribution in [-0.2, 0) is 9.73 Å². The van der Waals surface area contributed by atoms with E-state index >= 15 is 0 Å². The summed E-state index contributed by atoms with van der Waals surface area (Å²) in [5.74, 6) is 1.67. The van der Waals surface area contributed by atoms with Crippen LogP contribution < -0.4 is 10.1 Å². The lowest BCUT2D eigenvalue weighted by Crippen LogP contribution is -2.38. The Bertz CT molecular complexity index is 453. The molecule has 2 N–H and O–H groups in total. The standard InChI is InChI=1S/C11H16N2O2S/c1-15-10-4-2-9(3-5-10)11-8-16(12,14)7-6-13-11/h2-5,11-13H,6-8H2,1H3. The van der Waals surface area contributed by atoms with Crippen LogP contribution in [0.25, 0.3) is 0 Å². The van der Waals surface area contributed by atoms with Gasteiger partial charge in [0.1, 0.15) is 5.75 Å². The van der Waals surface area contributed by atoms with Gasteiger partial charge in [0, 0.05) is 28.1 Å². The summed E-state index contributed by atoms with van der Waals surface area (Å²) in [4.78, 5) is 0. The van der Waals surface area contributed by atoms with E-state index in [1.807, 2.05) is 24.3 Å². The second kappa shape index (κ2) is 4.43. The third-order valence-corrected chi connectivity index (χ3v) is 4.51. The van der Waals surface area contributed by atoms with Crippen molar-refractivity contribution < 1.29 is 8.95 Å². The van der Waals surface area contributed by atoms with Gasteiger partial charge in [-0.1, -0.05) is 12.1 Å². The highest BCUT2D eigenvalue weighted by atomic mass is 32.2. The predicted molar refractivity (Wildman–Crippen MR) is 64.3 cm³/mol. The number of nitrogens with one attached hydrogen (secondary N) is 2. The first kappa shape index (κ1) is 11.4. The van der Waals surface area contributed by atoms with E-state index in [0.29, 0.717) is 18.1 Å². The fourth-order valence-corrected chi connectivity index (χ4v) is 3.32. The molecule has 0 bridgehead atoms. The van der Waals surface area contributed by atoms with E-state index in [2.05, 4.69) is 5.32 Å². The molecule has 88 valence electrons. The lowest BCUT2D eigenvalue weighted by Gasteiger charge is -2.25. The Morgan fingerprint density at radius 2 is 2.12 bits per heavy atom. The monoisotopic (exact) mass is 240 g/mol. The second-order valence-corrected chi connectivity index (χ2v) is 6.33. The molecular formula is C11H16N2O2S. The minimum Gasteiger partial charge on any atom is -0.497 e. The maximum absolute atomic E-state index is 11.7. The van der Waals surface area contributed by atoms with E-state index in [1.54, 1.807) is 7.11 Å². The molecule has 5 heteroatoms. The predicted octanol–water partition coefficient (Wildman–Crippen LogP) is 1.39. The lowest BCUT2D eigenvalue weighted by atomic mass is 10.1. The highest BCUT2D eigenvalue weighted by molar-refractivity contribution is 7.92. The zero-order valence-electron chi connectivity index (χ0n) is 9.23. The minimum absolute atomic E-state index is 0.0321. The Morgan fingerprint density at radius 3 is 2.69 bits per heavy atom. The molecule has 0 radical (unpaired) electrons. The van der Waals surface area contributed by atoms with Crippen molar-refractivity contribution in [1.29, 1.82) is 4.78 Å². The molecule has 2 atom stereocenters. The summed E-state index contributed by atoms with van der Waals surface area (Å²) in [6, 6.07) is 7.72. The van der Waals surface area contributed by atoms with Gasteiger partial charge in [-0.25, -0.2) is 4.21 Å². The lowest BCUT2D eigenvalue weighted by molar-refractivity contribution is 0.414. The molecule has 1 heterocycles. The zero-order valence-corrected chi connectivity index (χ0v) is 10.0. The van der Waals surface area contributed by atoms with Gasteiger partial charge in [-0.15, -0.1) is 0 Å². The van der Waals surface area contributed by atoms with Gasteiger partial charge < -0.3 is 10.1 Å². The molecule has 1 saturated heterocycles. The summed E-state index contributed by atoms with van der Waals surface area (Å²) in [5, 5.41) is 3.29. The molecule has 16 heavy (non-hydrogen) atoms. The number of rotatable bonds is 2. The summed E-state index contributed by atoms with van der Waals surface area (Å²) in [6.45, 7) is 0.652. The molecule has 0 aromatic heterocycles. The van der Waals surface area contributed by atoms with Crippen LogP contribution in [0.5, 0.6) is 5.75 Å². The Balaban J connectivity index is 2.17. The van der Waals surface area contributed by atoms with Gasteiger partial charge in [0.05, 0.1) is 12.9 Å². The number of hydrogen-bond donors (Lipinski definition) is 2. The Hall–Kier alpha value is -1.07. The maximum atomic E-state index is 11.7. The van der Waals surface area contributed by atoms with Crippen LogP contribution >= 0.6 is 0 Å². The fourth-order valence-electron chi connectivity index (χ4n) is 1.86. The molecule has 4 nitrogen and oxygen atoms in total. The summed E-state index contributed by atoms with van der Waals surface area (Å²) >= 11 is 0. The summed E-state index contributed by atoms with van der Waals surface area (Å²) in [5.41, 5.74) is 1.07. The van der Waals surface area contributed by atoms with E-state index in [4.69, 9.17) is 9.52 Å². The summed E-state index contributed by atoms with van der Waals surface area (Å²) in [7, 11) is -0.760. The average molecular weight is 240 g/mol. The van der Waals surface area contributed by atoms with Crippen LogP contribution in [0.4, 0.5) is 0 Å². The smallest absolute Gasteiger partial charge is 0.118 e. The number of ether oxygens (including phenoxy) is 1. The summed E-state index contributed by atoms with van der Waals surface area (Å²) < 4.78 is 24.4. The van der Waals surface area contributed by atoms with Crippen molar-refractivity contribution in [3.63, 3.8) is 0 Å². The van der Waals surface area contributed by atoms with E-state index in [9.17, 15) is 4.21 Å². The van der Waals surface area contributed by atoms with Crippen LogP contribution in [0.1, 0.15) is 11.6 Å². The topological polar surface area (TPSA) is 62.2 Å².